The number of amides is 1. The van der Waals surface area contributed by atoms with E-state index in [9.17, 15) is 13.6 Å². The summed E-state index contributed by atoms with van der Waals surface area (Å²) >= 11 is 0. The van der Waals surface area contributed by atoms with Gasteiger partial charge in [0.1, 0.15) is 0 Å². The molecule has 1 aromatic rings. The quantitative estimate of drug-likeness (QED) is 0.909. The van der Waals surface area contributed by atoms with Crippen LogP contribution in [0, 0.1) is 11.6 Å². The monoisotopic (exact) mass is 268 g/mol. The minimum absolute atomic E-state index is 0.0684. The fourth-order valence-corrected chi connectivity index (χ4v) is 2.50. The average Bonchev–Trinajstić information content (AvgIpc) is 2.43. The lowest BCUT2D eigenvalue weighted by Crippen LogP contribution is -2.48. The molecule has 1 aliphatic heterocycles. The molecule has 0 bridgehead atoms. The second-order valence-corrected chi connectivity index (χ2v) is 4.90. The molecular weight excluding hydrogens is 250 g/mol. The molecule has 104 valence electrons. The average molecular weight is 268 g/mol. The molecule has 3 nitrogen and oxygen atoms in total. The summed E-state index contributed by atoms with van der Waals surface area (Å²) in [6, 6.07) is 3.65. The Morgan fingerprint density at radius 1 is 1.32 bits per heavy atom. The Morgan fingerprint density at radius 2 is 2.11 bits per heavy atom. The molecule has 0 unspecified atom stereocenters. The van der Waals surface area contributed by atoms with Crippen molar-refractivity contribution < 1.29 is 13.6 Å². The van der Waals surface area contributed by atoms with Gasteiger partial charge in [0.2, 0.25) is 5.91 Å². The number of rotatable bonds is 3. The Labute approximate surface area is 111 Å². The minimum Gasteiger partial charge on any atom is -0.338 e. The first-order chi connectivity index (χ1) is 9.11. The maximum atomic E-state index is 13.1. The van der Waals surface area contributed by atoms with Crippen molar-refractivity contribution in [2.24, 2.45) is 5.73 Å². The van der Waals surface area contributed by atoms with Crippen molar-refractivity contribution in [1.82, 2.24) is 4.90 Å². The standard InChI is InChI=1S/C14H18F2N2O/c15-12-5-4-10(7-13(12)16)8-14(19)18-6-2-1-3-11(18)9-17/h4-5,7,11H,1-3,6,8-9,17H2/t11-/m0/s1. The maximum absolute atomic E-state index is 13.1. The van der Waals surface area contributed by atoms with Crippen LogP contribution in [-0.2, 0) is 11.2 Å². The molecule has 2 N–H and O–H groups in total. The molecule has 1 atom stereocenters. The smallest absolute Gasteiger partial charge is 0.227 e. The first-order valence-electron chi connectivity index (χ1n) is 6.55. The van der Waals surface area contributed by atoms with Crippen LogP contribution in [0.1, 0.15) is 24.8 Å². The summed E-state index contributed by atoms with van der Waals surface area (Å²) in [6.07, 6.45) is 3.06. The van der Waals surface area contributed by atoms with E-state index < -0.39 is 11.6 Å². The summed E-state index contributed by atoms with van der Waals surface area (Å²) in [7, 11) is 0. The summed E-state index contributed by atoms with van der Waals surface area (Å²) in [4.78, 5) is 14.0. The van der Waals surface area contributed by atoms with Gasteiger partial charge in [-0.25, -0.2) is 8.78 Å². The number of nitrogens with zero attached hydrogens (tertiary/aromatic N) is 1. The highest BCUT2D eigenvalue weighted by Gasteiger charge is 2.25. The van der Waals surface area contributed by atoms with E-state index >= 15 is 0 Å². The zero-order valence-corrected chi connectivity index (χ0v) is 10.7. The van der Waals surface area contributed by atoms with Gasteiger partial charge in [-0.15, -0.1) is 0 Å². The number of benzene rings is 1. The molecule has 1 saturated heterocycles. The van der Waals surface area contributed by atoms with Crippen LogP contribution in [0.4, 0.5) is 8.78 Å². The molecule has 0 aromatic heterocycles. The van der Waals surface area contributed by atoms with Crippen LogP contribution in [-0.4, -0.2) is 29.9 Å². The van der Waals surface area contributed by atoms with Crippen molar-refractivity contribution >= 4 is 5.91 Å². The Balaban J connectivity index is 2.05. The first kappa shape index (κ1) is 13.9. The third-order valence-electron chi connectivity index (χ3n) is 3.56. The Morgan fingerprint density at radius 3 is 2.79 bits per heavy atom. The van der Waals surface area contributed by atoms with E-state index in [0.717, 1.165) is 31.4 Å². The highest BCUT2D eigenvalue weighted by Crippen LogP contribution is 2.18. The van der Waals surface area contributed by atoms with E-state index in [4.69, 9.17) is 5.73 Å². The van der Waals surface area contributed by atoms with E-state index in [2.05, 4.69) is 0 Å². The molecule has 5 heteroatoms. The van der Waals surface area contributed by atoms with Gasteiger partial charge in [-0.05, 0) is 37.0 Å². The molecule has 19 heavy (non-hydrogen) atoms. The number of piperidine rings is 1. The largest absolute Gasteiger partial charge is 0.338 e. The molecule has 0 saturated carbocycles. The van der Waals surface area contributed by atoms with Gasteiger partial charge in [0, 0.05) is 19.1 Å². The van der Waals surface area contributed by atoms with Crippen LogP contribution in [0.25, 0.3) is 0 Å². The second kappa shape index (κ2) is 6.10. The van der Waals surface area contributed by atoms with Gasteiger partial charge in [-0.1, -0.05) is 6.07 Å². The molecule has 0 radical (unpaired) electrons. The fourth-order valence-electron chi connectivity index (χ4n) is 2.50. The van der Waals surface area contributed by atoms with Crippen molar-refractivity contribution in [3.05, 3.63) is 35.4 Å². The van der Waals surface area contributed by atoms with E-state index in [1.807, 2.05) is 0 Å². The minimum atomic E-state index is -0.917. The first-order valence-corrected chi connectivity index (χ1v) is 6.55. The van der Waals surface area contributed by atoms with E-state index in [1.54, 1.807) is 4.90 Å². The van der Waals surface area contributed by atoms with Crippen LogP contribution >= 0.6 is 0 Å². The van der Waals surface area contributed by atoms with E-state index in [-0.39, 0.29) is 18.4 Å². The van der Waals surface area contributed by atoms with Gasteiger partial charge in [-0.2, -0.15) is 0 Å². The van der Waals surface area contributed by atoms with Gasteiger partial charge >= 0.3 is 0 Å². The summed E-state index contributed by atoms with van der Waals surface area (Å²) in [5.41, 5.74) is 6.16. The van der Waals surface area contributed by atoms with Crippen LogP contribution in [0.5, 0.6) is 0 Å². The molecule has 0 aliphatic carbocycles. The number of carbonyl (C=O) groups excluding carboxylic acids is 1. The number of hydrogen-bond donors (Lipinski definition) is 1. The van der Waals surface area contributed by atoms with Gasteiger partial charge in [0.25, 0.3) is 0 Å². The van der Waals surface area contributed by atoms with Crippen LogP contribution in [0.15, 0.2) is 18.2 Å². The Hall–Kier alpha value is -1.49. The predicted molar refractivity (Wildman–Crippen MR) is 68.5 cm³/mol. The van der Waals surface area contributed by atoms with Gasteiger partial charge < -0.3 is 10.6 Å². The Bertz CT molecular complexity index is 465. The van der Waals surface area contributed by atoms with Gasteiger partial charge in [-0.3, -0.25) is 4.79 Å². The lowest BCUT2D eigenvalue weighted by molar-refractivity contribution is -0.133. The van der Waals surface area contributed by atoms with E-state index in [0.29, 0.717) is 18.7 Å². The maximum Gasteiger partial charge on any atom is 0.227 e. The van der Waals surface area contributed by atoms with Crippen molar-refractivity contribution in [2.75, 3.05) is 13.1 Å². The molecule has 1 heterocycles. The van der Waals surface area contributed by atoms with Crippen LogP contribution < -0.4 is 5.73 Å². The molecule has 2 rings (SSSR count). The third kappa shape index (κ3) is 3.29. The number of likely N-dealkylation sites (tertiary alicyclic amines) is 1. The molecule has 1 amide bonds. The summed E-state index contributed by atoms with van der Waals surface area (Å²) in [5, 5.41) is 0. The number of nitrogens with two attached hydrogens (primary N) is 1. The van der Waals surface area contributed by atoms with Crippen molar-refractivity contribution in [1.29, 1.82) is 0 Å². The molecule has 1 aliphatic rings. The normalized spacial score (nSPS) is 19.5. The predicted octanol–water partition coefficient (Wildman–Crippen LogP) is 1.85. The fraction of sp³-hybridized carbons (Fsp3) is 0.500. The zero-order valence-electron chi connectivity index (χ0n) is 10.7. The topological polar surface area (TPSA) is 46.3 Å². The SMILES string of the molecule is NC[C@@H]1CCCCN1C(=O)Cc1ccc(F)c(F)c1. The number of halogens is 2. The van der Waals surface area contributed by atoms with Crippen LogP contribution in [0.3, 0.4) is 0 Å². The lowest BCUT2D eigenvalue weighted by atomic mass is 10.0. The zero-order chi connectivity index (χ0) is 13.8. The summed E-state index contributed by atoms with van der Waals surface area (Å²) < 4.78 is 25.9. The van der Waals surface area contributed by atoms with Crippen molar-refractivity contribution in [2.45, 2.75) is 31.7 Å². The van der Waals surface area contributed by atoms with Gasteiger partial charge in [0.15, 0.2) is 11.6 Å². The number of hydrogen-bond acceptors (Lipinski definition) is 2. The van der Waals surface area contributed by atoms with Crippen molar-refractivity contribution in [3.8, 4) is 0 Å². The summed E-state index contributed by atoms with van der Waals surface area (Å²) in [5.74, 6) is -1.88. The molecule has 0 spiro atoms. The molecule has 1 aromatic carbocycles. The highest BCUT2D eigenvalue weighted by atomic mass is 19.2. The lowest BCUT2D eigenvalue weighted by Gasteiger charge is -2.35. The summed E-state index contributed by atoms with van der Waals surface area (Å²) in [6.45, 7) is 1.15. The Kier molecular flexibility index (Phi) is 4.47. The van der Waals surface area contributed by atoms with Crippen molar-refractivity contribution in [3.63, 3.8) is 0 Å². The molecular formula is C14H18F2N2O. The van der Waals surface area contributed by atoms with Gasteiger partial charge in [0.05, 0.1) is 6.42 Å². The van der Waals surface area contributed by atoms with Crippen LogP contribution in [0.2, 0.25) is 0 Å². The highest BCUT2D eigenvalue weighted by molar-refractivity contribution is 5.79. The van der Waals surface area contributed by atoms with E-state index in [1.165, 1.54) is 6.07 Å². The third-order valence-corrected chi connectivity index (χ3v) is 3.56. The molecule has 1 fully saturated rings. The second-order valence-electron chi connectivity index (χ2n) is 4.90. The number of carbonyl (C=O) groups is 1.